The number of benzene rings is 1. The largest absolute Gasteiger partial charge is 0.486 e. The first-order valence-corrected chi connectivity index (χ1v) is 8.52. The first kappa shape index (κ1) is 24.0. The van der Waals surface area contributed by atoms with Crippen molar-refractivity contribution in [3.63, 3.8) is 0 Å². The summed E-state index contributed by atoms with van der Waals surface area (Å²) >= 11 is 0. The predicted molar refractivity (Wildman–Crippen MR) is 96.1 cm³/mol. The van der Waals surface area contributed by atoms with Crippen LogP contribution in [0.4, 0.5) is 13.2 Å². The van der Waals surface area contributed by atoms with Crippen LogP contribution in [-0.2, 0) is 25.3 Å². The van der Waals surface area contributed by atoms with Crippen LogP contribution >= 0.6 is 0 Å². The van der Waals surface area contributed by atoms with Crippen LogP contribution in [0.1, 0.15) is 30.4 Å². The third kappa shape index (κ3) is 9.10. The maximum absolute atomic E-state index is 12.7. The summed E-state index contributed by atoms with van der Waals surface area (Å²) < 4.78 is 43.0. The topological polar surface area (TPSA) is 131 Å². The lowest BCUT2D eigenvalue weighted by Crippen LogP contribution is -2.10. The van der Waals surface area contributed by atoms with Gasteiger partial charge in [0.25, 0.3) is 0 Å². The fourth-order valence-electron chi connectivity index (χ4n) is 2.12. The number of oxime groups is 1. The van der Waals surface area contributed by atoms with E-state index in [0.29, 0.717) is 36.6 Å². The zero-order valence-electron chi connectivity index (χ0n) is 15.3. The van der Waals surface area contributed by atoms with Crippen LogP contribution in [0.15, 0.2) is 41.3 Å². The van der Waals surface area contributed by atoms with E-state index < -0.39 is 29.4 Å². The molecule has 29 heavy (non-hydrogen) atoms. The van der Waals surface area contributed by atoms with Gasteiger partial charge in [-0.25, -0.2) is 9.59 Å². The van der Waals surface area contributed by atoms with Crippen LogP contribution in [0.25, 0.3) is 0 Å². The average Bonchev–Trinajstić information content (AvgIpc) is 2.64. The maximum Gasteiger partial charge on any atom is 0.416 e. The maximum atomic E-state index is 12.7. The van der Waals surface area contributed by atoms with Crippen molar-refractivity contribution in [2.75, 3.05) is 19.8 Å². The van der Waals surface area contributed by atoms with Gasteiger partial charge in [0, 0.05) is 6.54 Å². The Bertz CT molecular complexity index is 745. The predicted octanol–water partition coefficient (Wildman–Crippen LogP) is 2.62. The molecule has 8 nitrogen and oxygen atoms in total. The number of hydrogen-bond donors (Lipinski definition) is 3. The number of hydrogen-bond acceptors (Lipinski definition) is 6. The van der Waals surface area contributed by atoms with Crippen molar-refractivity contribution in [3.8, 4) is 0 Å². The molecular weight excluding hydrogens is 397 g/mol. The standard InChI is InChI=1S/C18H21F3N2O6/c19-18(20,21)13-6-4-12(5-7-13)14(23-29-10-8-22)3-1-2-9-28-15(17(26)27)11-16(24)25/h4-7,11H,1-3,8-10,22H2,(H,24,25)(H,26,27)/b15-11+,23-14+. The summed E-state index contributed by atoms with van der Waals surface area (Å²) in [6.45, 7) is 0.288. The lowest BCUT2D eigenvalue weighted by molar-refractivity contribution is -0.138. The van der Waals surface area contributed by atoms with E-state index in [-0.39, 0.29) is 19.8 Å². The fraction of sp³-hybridized carbons (Fsp3) is 0.389. The quantitative estimate of drug-likeness (QED) is 0.156. The minimum atomic E-state index is -4.45. The van der Waals surface area contributed by atoms with Crippen molar-refractivity contribution in [1.82, 2.24) is 0 Å². The van der Waals surface area contributed by atoms with Gasteiger partial charge in [0.15, 0.2) is 0 Å². The molecule has 0 saturated carbocycles. The van der Waals surface area contributed by atoms with Gasteiger partial charge in [-0.15, -0.1) is 0 Å². The van der Waals surface area contributed by atoms with Gasteiger partial charge < -0.3 is 25.5 Å². The SMILES string of the molecule is NCCO/N=C(\CCCCO/C(=C/C(=O)O)C(=O)O)c1ccc(C(F)(F)F)cc1. The second kappa shape index (κ2) is 11.7. The van der Waals surface area contributed by atoms with Gasteiger partial charge in [-0.2, -0.15) is 13.2 Å². The summed E-state index contributed by atoms with van der Waals surface area (Å²) in [6, 6.07) is 4.43. The van der Waals surface area contributed by atoms with E-state index in [1.807, 2.05) is 0 Å². The first-order valence-electron chi connectivity index (χ1n) is 8.52. The summed E-state index contributed by atoms with van der Waals surface area (Å²) in [5.74, 6) is -3.65. The first-order chi connectivity index (χ1) is 13.6. The van der Waals surface area contributed by atoms with E-state index in [4.69, 9.17) is 25.5 Å². The molecule has 0 heterocycles. The highest BCUT2D eigenvalue weighted by atomic mass is 19.4. The molecule has 0 aliphatic carbocycles. The van der Waals surface area contributed by atoms with E-state index in [0.717, 1.165) is 12.1 Å². The molecule has 0 aromatic heterocycles. The third-order valence-corrected chi connectivity index (χ3v) is 3.46. The molecule has 0 radical (unpaired) electrons. The number of ether oxygens (including phenoxy) is 1. The van der Waals surface area contributed by atoms with Crippen LogP contribution < -0.4 is 5.73 Å². The summed E-state index contributed by atoms with van der Waals surface area (Å²) in [7, 11) is 0. The van der Waals surface area contributed by atoms with Crippen molar-refractivity contribution >= 4 is 17.7 Å². The molecule has 0 amide bonds. The summed E-state index contributed by atoms with van der Waals surface area (Å²) in [4.78, 5) is 26.4. The van der Waals surface area contributed by atoms with Gasteiger partial charge in [-0.3, -0.25) is 0 Å². The Hall–Kier alpha value is -3.08. The number of halogens is 3. The summed E-state index contributed by atoms with van der Waals surface area (Å²) in [5, 5.41) is 21.3. The number of nitrogens with zero attached hydrogens (tertiary/aromatic N) is 1. The fourth-order valence-corrected chi connectivity index (χ4v) is 2.12. The second-order valence-corrected chi connectivity index (χ2v) is 5.69. The molecule has 11 heteroatoms. The van der Waals surface area contributed by atoms with E-state index in [1.165, 1.54) is 12.1 Å². The molecule has 1 aromatic carbocycles. The van der Waals surface area contributed by atoms with E-state index in [9.17, 15) is 22.8 Å². The van der Waals surface area contributed by atoms with Crippen molar-refractivity contribution in [1.29, 1.82) is 0 Å². The Balaban J connectivity index is 2.69. The number of carbonyl (C=O) groups is 2. The molecule has 0 saturated heterocycles. The number of carboxylic acid groups (broad SMARTS) is 2. The van der Waals surface area contributed by atoms with Gasteiger partial charge in [0.05, 0.1) is 24.0 Å². The van der Waals surface area contributed by atoms with Crippen LogP contribution in [0.3, 0.4) is 0 Å². The van der Waals surface area contributed by atoms with Crippen LogP contribution in [0.5, 0.6) is 0 Å². The van der Waals surface area contributed by atoms with Gasteiger partial charge in [-0.1, -0.05) is 17.3 Å². The number of rotatable bonds is 12. The lowest BCUT2D eigenvalue weighted by Gasteiger charge is -2.10. The molecule has 4 N–H and O–H groups in total. The number of aliphatic carboxylic acids is 2. The third-order valence-electron chi connectivity index (χ3n) is 3.46. The average molecular weight is 418 g/mol. The molecule has 160 valence electrons. The van der Waals surface area contributed by atoms with E-state index in [1.54, 1.807) is 0 Å². The Morgan fingerprint density at radius 1 is 1.10 bits per heavy atom. The van der Waals surface area contributed by atoms with Gasteiger partial charge >= 0.3 is 18.1 Å². The van der Waals surface area contributed by atoms with Crippen molar-refractivity contribution in [3.05, 3.63) is 47.2 Å². The smallest absolute Gasteiger partial charge is 0.416 e. The molecule has 1 aromatic rings. The van der Waals surface area contributed by atoms with Crippen molar-refractivity contribution < 1.29 is 42.5 Å². The summed E-state index contributed by atoms with van der Waals surface area (Å²) in [5.41, 5.74) is 5.36. The zero-order chi connectivity index (χ0) is 21.9. The highest BCUT2D eigenvalue weighted by Gasteiger charge is 2.30. The van der Waals surface area contributed by atoms with Crippen LogP contribution in [0, 0.1) is 0 Å². The van der Waals surface area contributed by atoms with Crippen molar-refractivity contribution in [2.24, 2.45) is 10.9 Å². The molecular formula is C18H21F3N2O6. The highest BCUT2D eigenvalue weighted by Crippen LogP contribution is 2.29. The number of unbranched alkanes of at least 4 members (excludes halogenated alkanes) is 1. The van der Waals surface area contributed by atoms with Gasteiger partial charge in [-0.05, 0) is 37.0 Å². The normalized spacial score (nSPS) is 12.6. The van der Waals surface area contributed by atoms with Crippen LogP contribution in [-0.4, -0.2) is 47.6 Å². The number of alkyl halides is 3. The second-order valence-electron chi connectivity index (χ2n) is 5.69. The molecule has 0 bridgehead atoms. The molecule has 1 rings (SSSR count). The Morgan fingerprint density at radius 2 is 1.76 bits per heavy atom. The monoisotopic (exact) mass is 418 g/mol. The van der Waals surface area contributed by atoms with Gasteiger partial charge in [0.1, 0.15) is 6.61 Å². The Morgan fingerprint density at radius 3 is 2.28 bits per heavy atom. The molecule has 0 aliphatic rings. The minimum Gasteiger partial charge on any atom is -0.486 e. The molecule has 0 unspecified atom stereocenters. The van der Waals surface area contributed by atoms with E-state index >= 15 is 0 Å². The summed E-state index contributed by atoms with van der Waals surface area (Å²) in [6.07, 6.45) is -2.91. The van der Waals surface area contributed by atoms with E-state index in [2.05, 4.69) is 5.16 Å². The number of carboxylic acids is 2. The highest BCUT2D eigenvalue weighted by molar-refractivity contribution is 6.00. The van der Waals surface area contributed by atoms with Gasteiger partial charge in [0.2, 0.25) is 5.76 Å². The molecule has 0 atom stereocenters. The molecule has 0 fully saturated rings. The number of nitrogens with two attached hydrogens (primary N) is 1. The Labute approximate surface area is 164 Å². The molecule has 0 aliphatic heterocycles. The minimum absolute atomic E-state index is 0.0602. The zero-order valence-corrected chi connectivity index (χ0v) is 15.3. The Kier molecular flexibility index (Phi) is 9.66. The van der Waals surface area contributed by atoms with Crippen molar-refractivity contribution in [2.45, 2.75) is 25.4 Å². The van der Waals surface area contributed by atoms with Crippen LogP contribution in [0.2, 0.25) is 0 Å². The molecule has 0 spiro atoms. The lowest BCUT2D eigenvalue weighted by atomic mass is 10.0.